The highest BCUT2D eigenvalue weighted by atomic mass is 127. The van der Waals surface area contributed by atoms with E-state index in [2.05, 4.69) is 118 Å². The second-order valence-corrected chi connectivity index (χ2v) is 12.8. The second kappa shape index (κ2) is 24.3. The van der Waals surface area contributed by atoms with Gasteiger partial charge in [-0.05, 0) is 66.5 Å². The number of hydrogen-bond acceptors (Lipinski definition) is 7. The van der Waals surface area contributed by atoms with E-state index >= 15 is 0 Å². The smallest absolute Gasteiger partial charge is 0.466 e. The molecule has 1 unspecified atom stereocenters. The number of para-hydroxylation sites is 1. The number of nitroso groups, excluding NO2 is 1. The van der Waals surface area contributed by atoms with E-state index in [0.29, 0.717) is 19.0 Å². The van der Waals surface area contributed by atoms with Crippen LogP contribution in [0.1, 0.15) is 36.4 Å². The lowest BCUT2D eigenvalue weighted by atomic mass is 9.93. The molecule has 1 aliphatic heterocycles. The summed E-state index contributed by atoms with van der Waals surface area (Å²) in [6.45, 7) is 5.29. The van der Waals surface area contributed by atoms with Gasteiger partial charge in [-0.15, -0.1) is 5.09 Å². The number of rotatable bonds is 11. The van der Waals surface area contributed by atoms with Gasteiger partial charge in [-0.3, -0.25) is 0 Å². The summed E-state index contributed by atoms with van der Waals surface area (Å²) in [6.07, 6.45) is 8.41. The van der Waals surface area contributed by atoms with Gasteiger partial charge in [0.25, 0.3) is 0 Å². The van der Waals surface area contributed by atoms with E-state index in [1.54, 1.807) is 34.5 Å². The predicted octanol–water partition coefficient (Wildman–Crippen LogP) is 9.98. The van der Waals surface area contributed by atoms with Crippen molar-refractivity contribution >= 4 is 73.1 Å². The van der Waals surface area contributed by atoms with Crippen molar-refractivity contribution in [3.63, 3.8) is 0 Å². The number of aliphatic hydroxyl groups is 1. The maximum atomic E-state index is 11.5. The molecule has 230 valence electrons. The lowest BCUT2D eigenvalue weighted by molar-refractivity contribution is 0.296. The lowest BCUT2D eigenvalue weighted by Crippen LogP contribution is -2.41. The Balaban J connectivity index is 0.000000430. The van der Waals surface area contributed by atoms with E-state index in [1.165, 1.54) is 22.9 Å². The normalized spacial score (nSPS) is 13.6. The quantitative estimate of drug-likeness (QED) is 0.0595. The molecule has 43 heavy (non-hydrogen) atoms. The Morgan fingerprint density at radius 1 is 1.19 bits per heavy atom. The summed E-state index contributed by atoms with van der Waals surface area (Å²) < 4.78 is 18.4. The molecule has 1 fully saturated rings. The van der Waals surface area contributed by atoms with Crippen molar-refractivity contribution in [2.24, 2.45) is 5.09 Å². The minimum atomic E-state index is -0.382. The molecule has 0 aliphatic carbocycles. The first kappa shape index (κ1) is 39.0. The number of aliphatic hydroxyl groups excluding tert-OH is 1. The van der Waals surface area contributed by atoms with Crippen LogP contribution in [0, 0.1) is 4.91 Å². The molecule has 1 heterocycles. The number of benzene rings is 3. The molecule has 5 nitrogen and oxygen atoms in total. The summed E-state index contributed by atoms with van der Waals surface area (Å²) >= 11 is 13.0. The van der Waals surface area contributed by atoms with Gasteiger partial charge in [0.15, 0.2) is 0 Å². The first-order chi connectivity index (χ1) is 20.9. The Morgan fingerprint density at radius 2 is 1.81 bits per heavy atom. The van der Waals surface area contributed by atoms with Gasteiger partial charge in [0.05, 0.1) is 12.4 Å². The molecule has 1 atom stereocenters. The molecule has 0 spiro atoms. The molecule has 1 N–H and O–H groups in total. The number of ether oxygens (including phenoxy) is 1. The fourth-order valence-electron chi connectivity index (χ4n) is 3.98. The predicted molar refractivity (Wildman–Crippen MR) is 200 cm³/mol. The number of anilines is 1. The lowest BCUT2D eigenvalue weighted by Gasteiger charge is -2.43. The van der Waals surface area contributed by atoms with Gasteiger partial charge in [-0.2, -0.15) is 30.0 Å². The van der Waals surface area contributed by atoms with Crippen LogP contribution < -0.4 is 9.64 Å². The van der Waals surface area contributed by atoms with Crippen molar-refractivity contribution in [2.75, 3.05) is 24.3 Å². The van der Waals surface area contributed by atoms with E-state index in [0.717, 1.165) is 54.5 Å². The minimum absolute atomic E-state index is 0.376. The van der Waals surface area contributed by atoms with Crippen LogP contribution in [0.5, 0.6) is 5.75 Å². The average Bonchev–Trinajstić information content (AvgIpc) is 3.03. The number of thiol groups is 2. The van der Waals surface area contributed by atoms with E-state index < -0.39 is 0 Å². The Morgan fingerprint density at radius 3 is 2.33 bits per heavy atom. The first-order valence-electron chi connectivity index (χ1n) is 13.5. The zero-order chi connectivity index (χ0) is 31.9. The van der Waals surface area contributed by atoms with Crippen molar-refractivity contribution in [1.82, 2.24) is 0 Å². The molecular weight excluding hydrogens is 761 g/mol. The molecule has 3 aromatic rings. The van der Waals surface area contributed by atoms with Gasteiger partial charge < -0.3 is 14.7 Å². The van der Waals surface area contributed by atoms with Crippen LogP contribution >= 0.6 is 63.4 Å². The van der Waals surface area contributed by atoms with Gasteiger partial charge in [-0.25, -0.2) is 4.39 Å². The maximum Gasteiger partial charge on any atom is 0.466 e. The SMILES string of the molecule is Brc1ccc(C2CCN2c2ccccc2)c(OCc2ccccc2)c1.C=C/C(=C\C=C\F)CCCS.CO.O=NB(S)I. The van der Waals surface area contributed by atoms with E-state index in [-0.39, 0.29) is 3.98 Å². The summed E-state index contributed by atoms with van der Waals surface area (Å²) in [5.41, 5.74) is 4.76. The van der Waals surface area contributed by atoms with Crippen LogP contribution in [0.25, 0.3) is 0 Å². The minimum Gasteiger partial charge on any atom is -0.489 e. The topological polar surface area (TPSA) is 62.1 Å². The van der Waals surface area contributed by atoms with E-state index in [1.807, 2.05) is 18.2 Å². The molecular formula is C32H38BBrFIN2O3S2. The fraction of sp³-hybridized carbons (Fsp3) is 0.250. The van der Waals surface area contributed by atoms with Crippen LogP contribution in [0.15, 0.2) is 125 Å². The van der Waals surface area contributed by atoms with Gasteiger partial charge in [0.2, 0.25) is 0 Å². The molecule has 11 heteroatoms. The van der Waals surface area contributed by atoms with Gasteiger partial charge in [0, 0.05) is 29.4 Å². The van der Waals surface area contributed by atoms with Crippen molar-refractivity contribution in [1.29, 1.82) is 0 Å². The Bertz CT molecular complexity index is 1260. The van der Waals surface area contributed by atoms with Gasteiger partial charge >= 0.3 is 3.98 Å². The molecule has 0 radical (unpaired) electrons. The first-order valence-corrected chi connectivity index (χ1v) is 16.7. The Hall–Kier alpha value is -2.06. The maximum absolute atomic E-state index is 11.5. The molecule has 4 rings (SSSR count). The summed E-state index contributed by atoms with van der Waals surface area (Å²) in [5, 5.41) is 9.49. The standard InChI is InChI=1S/C22H20BrNO.C9H13FS.CH4O.BHINOS/c23-18-11-12-20(21-13-14-24(21)19-9-5-2-6-10-19)22(15-18)25-16-17-7-3-1-4-8-17;1-2-9(5-3-7-10)6-4-8-11;1-2;2-1(5)3-4/h1-12,15,21H,13-14,16H2;2-3,5,7,11H,1,4,6,8H2;2H,1H3;5H/b;7-3+,9-5+;;. The molecule has 0 aromatic heterocycles. The average molecular weight is 799 g/mol. The number of halogens is 3. The summed E-state index contributed by atoms with van der Waals surface area (Å²) in [5.74, 6) is 1.81. The van der Waals surface area contributed by atoms with Crippen molar-refractivity contribution < 1.29 is 14.2 Å². The highest BCUT2D eigenvalue weighted by Gasteiger charge is 2.31. The highest BCUT2D eigenvalue weighted by molar-refractivity contribution is 14.1. The third-order valence-corrected chi connectivity index (χ3v) is 7.17. The number of allylic oxidation sites excluding steroid dienone is 4. The highest BCUT2D eigenvalue weighted by Crippen LogP contribution is 2.42. The molecule has 0 amide bonds. The summed E-state index contributed by atoms with van der Waals surface area (Å²) in [6, 6.07) is 27.7. The molecule has 1 saturated heterocycles. The van der Waals surface area contributed by atoms with Gasteiger partial charge in [-0.1, -0.05) is 112 Å². The third-order valence-electron chi connectivity index (χ3n) is 6.04. The van der Waals surface area contributed by atoms with Crippen molar-refractivity contribution in [2.45, 2.75) is 31.9 Å². The van der Waals surface area contributed by atoms with Crippen LogP contribution in [-0.4, -0.2) is 28.5 Å². The van der Waals surface area contributed by atoms with Crippen molar-refractivity contribution in [3.8, 4) is 5.75 Å². The summed E-state index contributed by atoms with van der Waals surface area (Å²) in [7, 11) is 1.00. The van der Waals surface area contributed by atoms with Crippen LogP contribution in [0.3, 0.4) is 0 Å². The second-order valence-electron chi connectivity index (χ2n) is 8.80. The fourth-order valence-corrected chi connectivity index (χ4v) is 4.48. The van der Waals surface area contributed by atoms with E-state index in [9.17, 15) is 9.30 Å². The largest absolute Gasteiger partial charge is 0.489 e. The molecule has 3 aromatic carbocycles. The Labute approximate surface area is 288 Å². The number of nitrogens with zero attached hydrogens (tertiary/aromatic N) is 2. The van der Waals surface area contributed by atoms with Gasteiger partial charge in [0.1, 0.15) is 12.4 Å². The molecule has 0 saturated carbocycles. The van der Waals surface area contributed by atoms with E-state index in [4.69, 9.17) is 9.84 Å². The molecule has 0 bridgehead atoms. The number of hydrogen-bond donors (Lipinski definition) is 3. The monoisotopic (exact) mass is 798 g/mol. The summed E-state index contributed by atoms with van der Waals surface area (Å²) in [4.78, 5) is 11.6. The zero-order valence-corrected chi connectivity index (χ0v) is 29.6. The van der Waals surface area contributed by atoms with Crippen LogP contribution in [0.4, 0.5) is 10.1 Å². The molecule has 1 aliphatic rings. The van der Waals surface area contributed by atoms with Crippen molar-refractivity contribution in [3.05, 3.63) is 136 Å². The third kappa shape index (κ3) is 15.5. The van der Waals surface area contributed by atoms with Crippen LogP contribution in [-0.2, 0) is 6.61 Å². The zero-order valence-electron chi connectivity index (χ0n) is 24.1. The Kier molecular flexibility index (Phi) is 22.0. The van der Waals surface area contributed by atoms with Crippen LogP contribution in [0.2, 0.25) is 0 Å².